The molecule has 1 aliphatic carbocycles. The number of phosphoric acid groups is 1. The summed E-state index contributed by atoms with van der Waals surface area (Å²) in [5, 5.41) is 50.1. The number of hydrogen-bond donors (Lipinski definition) is 6. The maximum Gasteiger partial charge on any atom is 0.472 e. The third-order valence-corrected chi connectivity index (χ3v) is 11.4. The Kier molecular flexibility index (Phi) is 34.3. The minimum absolute atomic E-state index is 0.0428. The summed E-state index contributed by atoms with van der Waals surface area (Å²) >= 11 is 0. The quantitative estimate of drug-likeness (QED) is 0.0149. The van der Waals surface area contributed by atoms with Crippen LogP contribution in [-0.2, 0) is 32.7 Å². The zero-order valence-electron chi connectivity index (χ0n) is 37.2. The van der Waals surface area contributed by atoms with Gasteiger partial charge >= 0.3 is 19.8 Å². The Bertz CT molecular complexity index is 1300. The molecule has 8 atom stereocenters. The van der Waals surface area contributed by atoms with Crippen LogP contribution in [0.25, 0.3) is 0 Å². The second-order valence-electron chi connectivity index (χ2n) is 15.9. The average molecular weight is 885 g/mol. The minimum Gasteiger partial charge on any atom is -0.462 e. The molecule has 6 N–H and O–H groups in total. The van der Waals surface area contributed by atoms with Gasteiger partial charge in [-0.3, -0.25) is 18.6 Å². The monoisotopic (exact) mass is 885 g/mol. The lowest BCUT2D eigenvalue weighted by molar-refractivity contribution is -0.220. The van der Waals surface area contributed by atoms with E-state index in [1.807, 2.05) is 18.2 Å². The molecule has 6 unspecified atom stereocenters. The zero-order chi connectivity index (χ0) is 45.0. The number of unbranched alkanes of at least 4 members (excludes halogenated alkanes) is 15. The van der Waals surface area contributed by atoms with Crippen molar-refractivity contribution in [1.29, 1.82) is 0 Å². The molecular weight excluding hydrogens is 803 g/mol. The Labute approximate surface area is 366 Å². The van der Waals surface area contributed by atoms with E-state index in [9.17, 15) is 44.6 Å². The molecule has 14 heteroatoms. The van der Waals surface area contributed by atoms with Crippen LogP contribution < -0.4 is 0 Å². The van der Waals surface area contributed by atoms with Gasteiger partial charge in [0.1, 0.15) is 43.2 Å². The fourth-order valence-corrected chi connectivity index (χ4v) is 7.59. The van der Waals surface area contributed by atoms with Crippen molar-refractivity contribution in [2.45, 2.75) is 211 Å². The molecule has 0 aromatic carbocycles. The van der Waals surface area contributed by atoms with Crippen LogP contribution >= 0.6 is 7.82 Å². The standard InChI is InChI=1S/C47H81O13P/c1-3-5-7-9-11-13-15-17-18-19-20-21-22-24-25-27-29-31-33-35-40(48)57-37-39(38-58-61(55,56)60-47-45(53)43(51)42(50)44(52)46(47)54)59-41(49)36-34-32-30-28-26-23-16-14-12-10-8-6-4-2/h11,13,17-18,20-21,24-25,29,31,39,42-47,50-54H,3-10,12,14-16,19,22-23,26-28,30,32-38H2,1-2H3,(H,55,56)/t39-,42?,43-,44?,45?,46?,47?/m1/s1. The summed E-state index contributed by atoms with van der Waals surface area (Å²) in [4.78, 5) is 35.6. The van der Waals surface area contributed by atoms with Crippen molar-refractivity contribution < 1.29 is 63.1 Å². The van der Waals surface area contributed by atoms with E-state index in [-0.39, 0.29) is 12.8 Å². The van der Waals surface area contributed by atoms with Gasteiger partial charge in [-0.25, -0.2) is 4.57 Å². The number of carbonyl (C=O) groups is 2. The molecule has 0 radical (unpaired) electrons. The van der Waals surface area contributed by atoms with E-state index in [0.717, 1.165) is 51.4 Å². The predicted molar refractivity (Wildman–Crippen MR) is 239 cm³/mol. The highest BCUT2D eigenvalue weighted by atomic mass is 31.2. The number of carbonyl (C=O) groups excluding carboxylic acids is 2. The van der Waals surface area contributed by atoms with Crippen molar-refractivity contribution in [3.05, 3.63) is 60.8 Å². The molecule has 1 rings (SSSR count). The van der Waals surface area contributed by atoms with Crippen LogP contribution in [0.5, 0.6) is 0 Å². The van der Waals surface area contributed by atoms with Gasteiger partial charge in [0.25, 0.3) is 0 Å². The first kappa shape index (κ1) is 56.6. The first-order valence-corrected chi connectivity index (χ1v) is 24.6. The normalized spacial score (nSPS) is 22.6. The van der Waals surface area contributed by atoms with Crippen molar-refractivity contribution >= 4 is 19.8 Å². The van der Waals surface area contributed by atoms with E-state index in [1.165, 1.54) is 70.6 Å². The van der Waals surface area contributed by atoms with Crippen LogP contribution in [-0.4, -0.2) is 98.3 Å². The highest BCUT2D eigenvalue weighted by Gasteiger charge is 2.51. The van der Waals surface area contributed by atoms with Crippen molar-refractivity contribution in [2.24, 2.45) is 0 Å². The molecule has 0 heterocycles. The topological polar surface area (TPSA) is 210 Å². The van der Waals surface area contributed by atoms with Crippen LogP contribution in [0.1, 0.15) is 168 Å². The smallest absolute Gasteiger partial charge is 0.462 e. The minimum atomic E-state index is -5.13. The lowest BCUT2D eigenvalue weighted by atomic mass is 9.85. The lowest BCUT2D eigenvalue weighted by Crippen LogP contribution is -2.64. The van der Waals surface area contributed by atoms with Gasteiger partial charge in [-0.1, -0.05) is 164 Å². The predicted octanol–water partition coefficient (Wildman–Crippen LogP) is 8.94. The number of esters is 2. The van der Waals surface area contributed by atoms with Crippen LogP contribution in [0.3, 0.4) is 0 Å². The van der Waals surface area contributed by atoms with E-state index in [1.54, 1.807) is 0 Å². The van der Waals surface area contributed by atoms with E-state index in [2.05, 4.69) is 56.4 Å². The summed E-state index contributed by atoms with van der Waals surface area (Å²) in [5.74, 6) is -1.20. The number of aliphatic hydroxyl groups is 5. The summed E-state index contributed by atoms with van der Waals surface area (Å²) in [6, 6.07) is 0. The first-order valence-electron chi connectivity index (χ1n) is 23.1. The van der Waals surface area contributed by atoms with Gasteiger partial charge in [-0.15, -0.1) is 0 Å². The van der Waals surface area contributed by atoms with E-state index >= 15 is 0 Å². The largest absolute Gasteiger partial charge is 0.472 e. The highest BCUT2D eigenvalue weighted by Crippen LogP contribution is 2.47. The molecule has 1 aliphatic rings. The summed E-state index contributed by atoms with van der Waals surface area (Å²) in [7, 11) is -5.13. The van der Waals surface area contributed by atoms with Crippen LogP contribution in [0, 0.1) is 0 Å². The Hall–Kier alpha value is -2.45. The summed E-state index contributed by atoms with van der Waals surface area (Å²) in [5.41, 5.74) is 0. The number of aliphatic hydroxyl groups excluding tert-OH is 5. The number of ether oxygens (including phenoxy) is 2. The maximum absolute atomic E-state index is 12.8. The first-order chi connectivity index (χ1) is 29.4. The van der Waals surface area contributed by atoms with Crippen molar-refractivity contribution in [1.82, 2.24) is 0 Å². The SMILES string of the molecule is CCCCCC=CCC=CCC=CCC=CCC=CCCC(=O)OC[C@H](COP(=O)(O)OC1C(O)C(O)C(O)[C@@H](O)C1O)OC(=O)CCCCCCCCCCCCCCC. The fraction of sp³-hybridized carbons (Fsp3) is 0.745. The van der Waals surface area contributed by atoms with Gasteiger partial charge in [0.15, 0.2) is 6.10 Å². The third kappa shape index (κ3) is 29.5. The van der Waals surface area contributed by atoms with Crippen LogP contribution in [0.4, 0.5) is 0 Å². The average Bonchev–Trinajstić information content (AvgIpc) is 3.24. The fourth-order valence-electron chi connectivity index (χ4n) is 6.62. The van der Waals surface area contributed by atoms with Crippen LogP contribution in [0.15, 0.2) is 60.8 Å². The molecule has 1 saturated carbocycles. The van der Waals surface area contributed by atoms with Gasteiger partial charge < -0.3 is 39.9 Å². The number of rotatable bonds is 37. The van der Waals surface area contributed by atoms with Gasteiger partial charge in [-0.2, -0.15) is 0 Å². The molecule has 1 fully saturated rings. The molecule has 0 spiro atoms. The van der Waals surface area contributed by atoms with Gasteiger partial charge in [0, 0.05) is 12.8 Å². The summed E-state index contributed by atoms with van der Waals surface area (Å²) in [6.45, 7) is 3.20. The number of hydrogen-bond acceptors (Lipinski definition) is 12. The van der Waals surface area contributed by atoms with Crippen molar-refractivity contribution in [2.75, 3.05) is 13.2 Å². The Morgan fingerprint density at radius 2 is 0.918 bits per heavy atom. The lowest BCUT2D eigenvalue weighted by Gasteiger charge is -2.41. The molecule has 0 aliphatic heterocycles. The molecule has 0 saturated heterocycles. The molecule has 13 nitrogen and oxygen atoms in total. The molecule has 0 aromatic heterocycles. The molecule has 0 aromatic rings. The van der Waals surface area contributed by atoms with Crippen LogP contribution in [0.2, 0.25) is 0 Å². The number of allylic oxidation sites excluding steroid dienone is 10. The molecule has 352 valence electrons. The molecule has 0 bridgehead atoms. The Balaban J connectivity index is 2.51. The Morgan fingerprint density at radius 3 is 1.41 bits per heavy atom. The second-order valence-corrected chi connectivity index (χ2v) is 17.3. The third-order valence-electron chi connectivity index (χ3n) is 10.4. The van der Waals surface area contributed by atoms with Gasteiger partial charge in [0.2, 0.25) is 0 Å². The molecule has 61 heavy (non-hydrogen) atoms. The molecule has 0 amide bonds. The summed E-state index contributed by atoms with van der Waals surface area (Å²) in [6.07, 6.45) is 31.5. The Morgan fingerprint density at radius 1 is 0.508 bits per heavy atom. The molecular formula is C47H81O13P. The van der Waals surface area contributed by atoms with Crippen molar-refractivity contribution in [3.8, 4) is 0 Å². The van der Waals surface area contributed by atoms with Gasteiger partial charge in [0.05, 0.1) is 6.61 Å². The second kappa shape index (κ2) is 37.0. The summed E-state index contributed by atoms with van der Waals surface area (Å²) < 4.78 is 33.4. The van der Waals surface area contributed by atoms with E-state index in [4.69, 9.17) is 18.5 Å². The van der Waals surface area contributed by atoms with Gasteiger partial charge in [-0.05, 0) is 51.4 Å². The van der Waals surface area contributed by atoms with Crippen molar-refractivity contribution in [3.63, 3.8) is 0 Å². The maximum atomic E-state index is 12.8. The number of phosphoric ester groups is 1. The van der Waals surface area contributed by atoms with E-state index in [0.29, 0.717) is 19.3 Å². The van der Waals surface area contributed by atoms with E-state index < -0.39 is 75.7 Å². The highest BCUT2D eigenvalue weighted by molar-refractivity contribution is 7.47. The zero-order valence-corrected chi connectivity index (χ0v) is 38.1.